The van der Waals surface area contributed by atoms with Gasteiger partial charge in [0.1, 0.15) is 18.1 Å². The van der Waals surface area contributed by atoms with E-state index in [1.54, 1.807) is 31.2 Å². The summed E-state index contributed by atoms with van der Waals surface area (Å²) in [7, 11) is -3.58. The summed E-state index contributed by atoms with van der Waals surface area (Å²) in [4.78, 5) is 11.1. The lowest BCUT2D eigenvalue weighted by Crippen LogP contribution is -2.35. The Bertz CT molecular complexity index is 1350. The summed E-state index contributed by atoms with van der Waals surface area (Å²) in [5.74, 6) is -0.435. The first-order valence-corrected chi connectivity index (χ1v) is 13.5. The number of aromatic hydroxyl groups is 1. The van der Waals surface area contributed by atoms with Crippen molar-refractivity contribution in [1.29, 1.82) is 0 Å². The van der Waals surface area contributed by atoms with E-state index < -0.39 is 22.1 Å². The van der Waals surface area contributed by atoms with Crippen molar-refractivity contribution in [2.24, 2.45) is 0 Å². The maximum Gasteiger partial charge on any atom is 0.335 e. The second-order valence-electron chi connectivity index (χ2n) is 9.01. The molecule has 10 heteroatoms. The Morgan fingerprint density at radius 3 is 2.19 bits per heavy atom. The van der Waals surface area contributed by atoms with Gasteiger partial charge in [-0.3, -0.25) is 4.72 Å². The number of carbonyl (C=O) groups is 1. The Morgan fingerprint density at radius 2 is 1.62 bits per heavy atom. The molecule has 0 aromatic heterocycles. The number of aromatic carboxylic acids is 1. The monoisotopic (exact) mass is 528 g/mol. The smallest absolute Gasteiger partial charge is 0.335 e. The van der Waals surface area contributed by atoms with Crippen molar-refractivity contribution in [2.75, 3.05) is 24.1 Å². The summed E-state index contributed by atoms with van der Waals surface area (Å²) < 4.78 is 31.2. The quantitative estimate of drug-likeness (QED) is 0.186. The molecule has 0 spiro atoms. The fourth-order valence-electron chi connectivity index (χ4n) is 4.01. The normalized spacial score (nSPS) is 13.1. The molecule has 0 aliphatic carbocycles. The van der Waals surface area contributed by atoms with Crippen molar-refractivity contribution in [3.63, 3.8) is 0 Å². The van der Waals surface area contributed by atoms with Crippen LogP contribution in [0.5, 0.6) is 11.5 Å². The Morgan fingerprint density at radius 1 is 1.00 bits per heavy atom. The first kappa shape index (κ1) is 28.0. The van der Waals surface area contributed by atoms with E-state index in [9.17, 15) is 23.4 Å². The molecule has 0 heterocycles. The van der Waals surface area contributed by atoms with Crippen LogP contribution in [0.4, 0.5) is 5.69 Å². The lowest BCUT2D eigenvalue weighted by Gasteiger charge is -2.22. The Labute approximate surface area is 216 Å². The molecule has 0 aliphatic heterocycles. The summed E-state index contributed by atoms with van der Waals surface area (Å²) >= 11 is 0. The minimum Gasteiger partial charge on any atom is -0.506 e. The van der Waals surface area contributed by atoms with Gasteiger partial charge in [0.2, 0.25) is 10.0 Å². The van der Waals surface area contributed by atoms with Crippen LogP contribution in [0.1, 0.15) is 40.1 Å². The molecule has 3 aromatic rings. The maximum absolute atomic E-state index is 11.5. The number of nitrogens with one attached hydrogen (secondary N) is 2. The first-order valence-electron chi connectivity index (χ1n) is 11.7. The molecule has 0 saturated heterocycles. The van der Waals surface area contributed by atoms with Crippen molar-refractivity contribution < 1.29 is 33.3 Å². The largest absolute Gasteiger partial charge is 0.506 e. The Kier molecular flexibility index (Phi) is 8.80. The Balaban J connectivity index is 1.58. The van der Waals surface area contributed by atoms with Gasteiger partial charge in [0, 0.05) is 12.6 Å². The molecular formula is C27H32N2O7S. The average molecular weight is 529 g/mol. The van der Waals surface area contributed by atoms with Crippen molar-refractivity contribution in [2.45, 2.75) is 32.9 Å². The minimum atomic E-state index is -3.58. The number of anilines is 1. The van der Waals surface area contributed by atoms with Gasteiger partial charge in [-0.05, 0) is 85.0 Å². The highest BCUT2D eigenvalue weighted by atomic mass is 32.2. The van der Waals surface area contributed by atoms with Crippen LogP contribution >= 0.6 is 0 Å². The van der Waals surface area contributed by atoms with Gasteiger partial charge < -0.3 is 25.4 Å². The summed E-state index contributed by atoms with van der Waals surface area (Å²) in [6.07, 6.45) is 0.0332. The highest BCUT2D eigenvalue weighted by Gasteiger charge is 2.18. The molecule has 0 fully saturated rings. The van der Waals surface area contributed by atoms with Crippen LogP contribution in [0, 0.1) is 13.8 Å². The molecule has 5 N–H and O–H groups in total. The van der Waals surface area contributed by atoms with Gasteiger partial charge in [-0.25, -0.2) is 13.2 Å². The van der Waals surface area contributed by atoms with E-state index in [2.05, 4.69) is 10.0 Å². The summed E-state index contributed by atoms with van der Waals surface area (Å²) in [6, 6.07) is 14.6. The van der Waals surface area contributed by atoms with Gasteiger partial charge in [0.05, 0.1) is 23.6 Å². The molecule has 3 aromatic carbocycles. The number of rotatable bonds is 11. The van der Waals surface area contributed by atoms with Gasteiger partial charge in [-0.1, -0.05) is 18.2 Å². The van der Waals surface area contributed by atoms with Gasteiger partial charge in [-0.15, -0.1) is 0 Å². The van der Waals surface area contributed by atoms with E-state index in [1.165, 1.54) is 18.2 Å². The molecule has 3 rings (SSSR count). The lowest BCUT2D eigenvalue weighted by molar-refractivity contribution is 0.0697. The number of phenolic OH excluding ortho intramolecular Hbond substituents is 1. The van der Waals surface area contributed by atoms with E-state index in [0.717, 1.165) is 34.3 Å². The number of carboxylic acid groups (broad SMARTS) is 1. The van der Waals surface area contributed by atoms with Crippen LogP contribution in [0.15, 0.2) is 54.6 Å². The number of carboxylic acids is 1. The highest BCUT2D eigenvalue weighted by Crippen LogP contribution is 2.31. The molecule has 2 atom stereocenters. The fourth-order valence-corrected chi connectivity index (χ4v) is 4.57. The summed E-state index contributed by atoms with van der Waals surface area (Å²) in [5.41, 5.74) is 4.45. The van der Waals surface area contributed by atoms with Gasteiger partial charge in [0.25, 0.3) is 0 Å². The molecule has 0 amide bonds. The molecule has 37 heavy (non-hydrogen) atoms. The number of aliphatic hydroxyl groups excluding tert-OH is 1. The number of hydrogen-bond acceptors (Lipinski definition) is 7. The van der Waals surface area contributed by atoms with Crippen molar-refractivity contribution in [1.82, 2.24) is 5.32 Å². The van der Waals surface area contributed by atoms with Crippen molar-refractivity contribution >= 4 is 21.7 Å². The second kappa shape index (κ2) is 11.6. The highest BCUT2D eigenvalue weighted by molar-refractivity contribution is 7.92. The summed E-state index contributed by atoms with van der Waals surface area (Å²) in [5, 5.41) is 32.9. The van der Waals surface area contributed by atoms with Crippen LogP contribution in [0.25, 0.3) is 11.1 Å². The molecule has 198 valence electrons. The van der Waals surface area contributed by atoms with Crippen LogP contribution in [0.3, 0.4) is 0 Å². The van der Waals surface area contributed by atoms with Crippen molar-refractivity contribution in [3.8, 4) is 22.6 Å². The Hall–Kier alpha value is -3.60. The van der Waals surface area contributed by atoms with E-state index >= 15 is 0 Å². The third kappa shape index (κ3) is 7.45. The van der Waals surface area contributed by atoms with Crippen LogP contribution in [0.2, 0.25) is 0 Å². The number of ether oxygens (including phenoxy) is 1. The van der Waals surface area contributed by atoms with Gasteiger partial charge >= 0.3 is 5.97 Å². The molecule has 0 radical (unpaired) electrons. The molecule has 2 unspecified atom stereocenters. The van der Waals surface area contributed by atoms with Gasteiger partial charge in [0.15, 0.2) is 0 Å². The predicted octanol–water partition coefficient (Wildman–Crippen LogP) is 3.84. The zero-order valence-electron chi connectivity index (χ0n) is 21.1. The third-order valence-electron chi connectivity index (χ3n) is 5.87. The van der Waals surface area contributed by atoms with E-state index in [0.29, 0.717) is 18.7 Å². The number of aliphatic hydroxyl groups is 1. The number of phenols is 1. The topological polar surface area (TPSA) is 145 Å². The molecule has 0 bridgehead atoms. The molecular weight excluding hydrogens is 496 g/mol. The molecule has 0 saturated carbocycles. The number of sulfonamides is 1. The first-order chi connectivity index (χ1) is 17.4. The number of benzene rings is 3. The van der Waals surface area contributed by atoms with Crippen LogP contribution < -0.4 is 14.8 Å². The summed E-state index contributed by atoms with van der Waals surface area (Å²) in [6.45, 7) is 6.49. The maximum atomic E-state index is 11.5. The zero-order valence-corrected chi connectivity index (χ0v) is 22.0. The van der Waals surface area contributed by atoms with E-state index in [1.807, 2.05) is 26.0 Å². The molecule has 0 aliphatic rings. The standard InChI is InChI=1S/C27H32N2O7S/c1-16-13-22(19-5-7-20(8-6-19)27(32)33)14-17(2)26(16)36-12-11-28-18(3)25(31)21-9-10-24(30)23(15-21)29-37(4,34)35/h5-10,13-15,18,25,28-31H,11-12H2,1-4H3,(H,32,33). The third-order valence-corrected chi connectivity index (χ3v) is 6.46. The van der Waals surface area contributed by atoms with Gasteiger partial charge in [-0.2, -0.15) is 0 Å². The second-order valence-corrected chi connectivity index (χ2v) is 10.8. The minimum absolute atomic E-state index is 0.00168. The predicted molar refractivity (Wildman–Crippen MR) is 143 cm³/mol. The SMILES string of the molecule is Cc1cc(-c2ccc(C(=O)O)cc2)cc(C)c1OCCNC(C)C(O)c1ccc(O)c(NS(C)(=O)=O)c1. The zero-order chi connectivity index (χ0) is 27.3. The van der Waals surface area contributed by atoms with E-state index in [4.69, 9.17) is 9.84 Å². The van der Waals surface area contributed by atoms with Crippen LogP contribution in [-0.4, -0.2) is 55.2 Å². The molecule has 9 nitrogen and oxygen atoms in total. The van der Waals surface area contributed by atoms with Crippen LogP contribution in [-0.2, 0) is 10.0 Å². The number of aryl methyl sites for hydroxylation is 2. The fraction of sp³-hybridized carbons (Fsp3) is 0.296. The number of hydrogen-bond donors (Lipinski definition) is 5. The average Bonchev–Trinajstić information content (AvgIpc) is 2.83. The lowest BCUT2D eigenvalue weighted by atomic mass is 9.99. The van der Waals surface area contributed by atoms with Crippen molar-refractivity contribution in [3.05, 3.63) is 76.9 Å². The van der Waals surface area contributed by atoms with E-state index in [-0.39, 0.29) is 23.0 Å².